The lowest BCUT2D eigenvalue weighted by Crippen LogP contribution is -2.57. The molecule has 3 unspecified atom stereocenters. The third kappa shape index (κ3) is 4.06. The van der Waals surface area contributed by atoms with Crippen LogP contribution in [0.2, 0.25) is 0 Å². The van der Waals surface area contributed by atoms with Crippen molar-refractivity contribution < 1.29 is 0 Å². The van der Waals surface area contributed by atoms with Crippen LogP contribution in [0, 0.1) is 5.92 Å². The number of nitrogens with one attached hydrogen (secondary N) is 1. The van der Waals surface area contributed by atoms with Crippen LogP contribution in [0.1, 0.15) is 53.4 Å². The lowest BCUT2D eigenvalue weighted by molar-refractivity contribution is 0.0938. The van der Waals surface area contributed by atoms with Gasteiger partial charge in [0.2, 0.25) is 0 Å². The Bertz CT molecular complexity index is 182. The van der Waals surface area contributed by atoms with Crippen molar-refractivity contribution >= 4 is 0 Å². The highest BCUT2D eigenvalue weighted by atomic mass is 15.2. The van der Waals surface area contributed by atoms with Gasteiger partial charge in [-0.15, -0.1) is 0 Å². The summed E-state index contributed by atoms with van der Waals surface area (Å²) >= 11 is 0. The highest BCUT2D eigenvalue weighted by Gasteiger charge is 2.28. The van der Waals surface area contributed by atoms with E-state index in [-0.39, 0.29) is 0 Å². The van der Waals surface area contributed by atoms with Gasteiger partial charge in [0.1, 0.15) is 0 Å². The number of unbranched alkanes of at least 4 members (excludes halogenated alkanes) is 2. The summed E-state index contributed by atoms with van der Waals surface area (Å²) in [5.41, 5.74) is 0. The minimum absolute atomic E-state index is 0.668. The van der Waals surface area contributed by atoms with E-state index in [1.54, 1.807) is 0 Å². The molecule has 0 saturated carbocycles. The smallest absolute Gasteiger partial charge is 0.0246 e. The molecule has 16 heavy (non-hydrogen) atoms. The van der Waals surface area contributed by atoms with E-state index in [1.807, 2.05) is 0 Å². The van der Waals surface area contributed by atoms with Crippen molar-refractivity contribution in [1.82, 2.24) is 10.2 Å². The van der Waals surface area contributed by atoms with E-state index >= 15 is 0 Å². The van der Waals surface area contributed by atoms with Gasteiger partial charge in [-0.1, -0.05) is 40.0 Å². The van der Waals surface area contributed by atoms with Gasteiger partial charge < -0.3 is 5.32 Å². The number of hydrogen-bond acceptors (Lipinski definition) is 2. The van der Waals surface area contributed by atoms with E-state index < -0.39 is 0 Å². The molecule has 0 spiro atoms. The van der Waals surface area contributed by atoms with Crippen LogP contribution in [0.15, 0.2) is 0 Å². The van der Waals surface area contributed by atoms with Crippen molar-refractivity contribution in [2.24, 2.45) is 5.92 Å². The Morgan fingerprint density at radius 2 is 2.06 bits per heavy atom. The average Bonchev–Trinajstić information content (AvgIpc) is 2.29. The van der Waals surface area contributed by atoms with Crippen LogP contribution >= 0.6 is 0 Å². The molecule has 1 saturated heterocycles. The normalized spacial score (nSPS) is 29.2. The molecule has 96 valence electrons. The first-order valence-corrected chi connectivity index (χ1v) is 7.16. The highest BCUT2D eigenvalue weighted by molar-refractivity contribution is 4.86. The second-order valence-corrected chi connectivity index (χ2v) is 5.46. The first-order valence-electron chi connectivity index (χ1n) is 7.16. The summed E-state index contributed by atoms with van der Waals surface area (Å²) in [6, 6.07) is 1.43. The SMILES string of the molecule is CCCCCN1CC(C)NCC1C(C)CC. The lowest BCUT2D eigenvalue weighted by Gasteiger charge is -2.42. The summed E-state index contributed by atoms with van der Waals surface area (Å²) in [6.45, 7) is 13.0. The standard InChI is InChI=1S/C14H30N2/c1-5-7-8-9-16-11-13(4)15-10-14(16)12(3)6-2/h12-15H,5-11H2,1-4H3. The molecule has 0 aromatic rings. The number of nitrogens with zero attached hydrogens (tertiary/aromatic N) is 1. The van der Waals surface area contributed by atoms with E-state index in [2.05, 4.69) is 37.9 Å². The minimum Gasteiger partial charge on any atom is -0.311 e. The summed E-state index contributed by atoms with van der Waals surface area (Å²) < 4.78 is 0. The molecule has 1 aliphatic rings. The monoisotopic (exact) mass is 226 g/mol. The molecule has 3 atom stereocenters. The minimum atomic E-state index is 0.668. The van der Waals surface area contributed by atoms with Crippen LogP contribution in [0.5, 0.6) is 0 Å². The quantitative estimate of drug-likeness (QED) is 0.701. The Morgan fingerprint density at radius 3 is 2.69 bits per heavy atom. The van der Waals surface area contributed by atoms with Gasteiger partial charge in [0, 0.05) is 25.2 Å². The van der Waals surface area contributed by atoms with Crippen molar-refractivity contribution in [1.29, 1.82) is 0 Å². The largest absolute Gasteiger partial charge is 0.311 e. The summed E-state index contributed by atoms with van der Waals surface area (Å²) in [6.07, 6.45) is 5.38. The van der Waals surface area contributed by atoms with Crippen molar-refractivity contribution in [3.05, 3.63) is 0 Å². The summed E-state index contributed by atoms with van der Waals surface area (Å²) in [5, 5.41) is 3.63. The molecule has 0 amide bonds. The maximum absolute atomic E-state index is 3.63. The number of piperazine rings is 1. The fourth-order valence-corrected chi connectivity index (χ4v) is 2.66. The van der Waals surface area contributed by atoms with Crippen molar-refractivity contribution in [2.75, 3.05) is 19.6 Å². The average molecular weight is 226 g/mol. The lowest BCUT2D eigenvalue weighted by atomic mass is 9.94. The second-order valence-electron chi connectivity index (χ2n) is 5.46. The van der Waals surface area contributed by atoms with Gasteiger partial charge >= 0.3 is 0 Å². The molecule has 0 aliphatic carbocycles. The van der Waals surface area contributed by atoms with Gasteiger partial charge in [0.15, 0.2) is 0 Å². The third-order valence-electron chi connectivity index (χ3n) is 4.00. The van der Waals surface area contributed by atoms with Gasteiger partial charge in [0.25, 0.3) is 0 Å². The van der Waals surface area contributed by atoms with Gasteiger partial charge in [-0.3, -0.25) is 4.90 Å². The Hall–Kier alpha value is -0.0800. The Labute approximate surface area is 102 Å². The molecule has 1 aliphatic heterocycles. The van der Waals surface area contributed by atoms with E-state index in [4.69, 9.17) is 0 Å². The van der Waals surface area contributed by atoms with E-state index in [0.29, 0.717) is 6.04 Å². The predicted octanol–water partition coefficient (Wildman–Crippen LogP) is 2.89. The first-order chi connectivity index (χ1) is 7.69. The van der Waals surface area contributed by atoms with E-state index in [0.717, 1.165) is 12.0 Å². The van der Waals surface area contributed by atoms with Gasteiger partial charge in [-0.25, -0.2) is 0 Å². The van der Waals surface area contributed by atoms with Gasteiger partial charge in [0.05, 0.1) is 0 Å². The summed E-state index contributed by atoms with van der Waals surface area (Å²) in [5.74, 6) is 0.821. The Kier molecular flexibility index (Phi) is 6.37. The molecule has 0 aromatic carbocycles. The zero-order valence-corrected chi connectivity index (χ0v) is 11.6. The first kappa shape index (κ1) is 14.0. The molecular weight excluding hydrogens is 196 g/mol. The van der Waals surface area contributed by atoms with Crippen molar-refractivity contribution in [3.63, 3.8) is 0 Å². The molecule has 1 N–H and O–H groups in total. The highest BCUT2D eigenvalue weighted by Crippen LogP contribution is 2.18. The molecule has 0 radical (unpaired) electrons. The fraction of sp³-hybridized carbons (Fsp3) is 1.00. The summed E-state index contributed by atoms with van der Waals surface area (Å²) in [7, 11) is 0. The molecule has 2 heteroatoms. The Balaban J connectivity index is 2.44. The van der Waals surface area contributed by atoms with Crippen molar-refractivity contribution in [3.8, 4) is 0 Å². The third-order valence-corrected chi connectivity index (χ3v) is 4.00. The molecule has 1 rings (SSSR count). The van der Waals surface area contributed by atoms with E-state index in [1.165, 1.54) is 45.3 Å². The molecule has 1 fully saturated rings. The number of rotatable bonds is 6. The van der Waals surface area contributed by atoms with Crippen LogP contribution in [0.25, 0.3) is 0 Å². The fourth-order valence-electron chi connectivity index (χ4n) is 2.66. The Morgan fingerprint density at radius 1 is 1.31 bits per heavy atom. The molecule has 0 aromatic heterocycles. The van der Waals surface area contributed by atoms with Gasteiger partial charge in [-0.2, -0.15) is 0 Å². The van der Waals surface area contributed by atoms with Crippen LogP contribution < -0.4 is 5.32 Å². The molecular formula is C14H30N2. The van der Waals surface area contributed by atoms with Crippen LogP contribution in [0.4, 0.5) is 0 Å². The van der Waals surface area contributed by atoms with E-state index in [9.17, 15) is 0 Å². The maximum Gasteiger partial charge on any atom is 0.0246 e. The zero-order chi connectivity index (χ0) is 12.0. The summed E-state index contributed by atoms with van der Waals surface area (Å²) in [4.78, 5) is 2.73. The molecule has 1 heterocycles. The van der Waals surface area contributed by atoms with Crippen LogP contribution in [-0.2, 0) is 0 Å². The zero-order valence-electron chi connectivity index (χ0n) is 11.6. The van der Waals surface area contributed by atoms with Gasteiger partial charge in [-0.05, 0) is 25.8 Å². The van der Waals surface area contributed by atoms with Crippen LogP contribution in [-0.4, -0.2) is 36.6 Å². The maximum atomic E-state index is 3.63. The topological polar surface area (TPSA) is 15.3 Å². The molecule has 0 bridgehead atoms. The second kappa shape index (κ2) is 7.29. The molecule has 2 nitrogen and oxygen atoms in total. The van der Waals surface area contributed by atoms with Crippen LogP contribution in [0.3, 0.4) is 0 Å². The predicted molar refractivity (Wildman–Crippen MR) is 71.8 cm³/mol. The van der Waals surface area contributed by atoms with Crippen molar-refractivity contribution in [2.45, 2.75) is 65.5 Å². The number of hydrogen-bond donors (Lipinski definition) is 1.